The van der Waals surface area contributed by atoms with Gasteiger partial charge in [0.05, 0.1) is 0 Å². The molecule has 96 valence electrons. The van der Waals surface area contributed by atoms with Gasteiger partial charge in [0.15, 0.2) is 0 Å². The lowest BCUT2D eigenvalue weighted by molar-refractivity contribution is 0.547. The Balaban J connectivity index is 2.98. The zero-order valence-corrected chi connectivity index (χ0v) is 13.2. The molecule has 1 rings (SSSR count). The number of hydrogen-bond donors (Lipinski definition) is 0. The van der Waals surface area contributed by atoms with Gasteiger partial charge in [-0.2, -0.15) is 0 Å². The summed E-state index contributed by atoms with van der Waals surface area (Å²) in [5.74, 6) is 0.706. The molecule has 1 aromatic carbocycles. The summed E-state index contributed by atoms with van der Waals surface area (Å²) in [5, 5.41) is 1.65. The van der Waals surface area contributed by atoms with Crippen LogP contribution < -0.4 is 4.90 Å². The van der Waals surface area contributed by atoms with Gasteiger partial charge < -0.3 is 4.90 Å². The molecular weight excluding hydrogens is 298 g/mol. The van der Waals surface area contributed by atoms with Crippen molar-refractivity contribution < 1.29 is 0 Å². The summed E-state index contributed by atoms with van der Waals surface area (Å²) in [5.41, 5.74) is 2.46. The van der Waals surface area contributed by atoms with Crippen LogP contribution in [0, 0.1) is 5.92 Å². The number of benzene rings is 1. The molecule has 0 saturated heterocycles. The van der Waals surface area contributed by atoms with Crippen molar-refractivity contribution in [1.82, 2.24) is 0 Å². The smallest absolute Gasteiger partial charge is 0.0467 e. The molecule has 1 unspecified atom stereocenters. The Hall–Kier alpha value is -0.210. The molecule has 0 aliphatic carbocycles. The highest BCUT2D eigenvalue weighted by molar-refractivity contribution is 9.08. The Labute approximate surface area is 118 Å². The Bertz CT molecular complexity index is 354. The van der Waals surface area contributed by atoms with Crippen LogP contribution in [0.4, 0.5) is 5.69 Å². The minimum atomic E-state index is 0.706. The van der Waals surface area contributed by atoms with Crippen LogP contribution in [0.25, 0.3) is 0 Å². The first-order valence-corrected chi connectivity index (χ1v) is 7.72. The number of hydrogen-bond acceptors (Lipinski definition) is 1. The first-order chi connectivity index (χ1) is 8.13. The average Bonchev–Trinajstić information content (AvgIpc) is 2.35. The van der Waals surface area contributed by atoms with E-state index in [-0.39, 0.29) is 0 Å². The summed E-state index contributed by atoms with van der Waals surface area (Å²) >= 11 is 9.77. The summed E-state index contributed by atoms with van der Waals surface area (Å²) < 4.78 is 0. The Morgan fingerprint density at radius 2 is 2.06 bits per heavy atom. The maximum Gasteiger partial charge on any atom is 0.0467 e. The third kappa shape index (κ3) is 3.89. The molecule has 0 amide bonds. The second-order valence-electron chi connectivity index (χ2n) is 4.42. The average molecular weight is 319 g/mol. The molecule has 0 N–H and O–H groups in total. The fraction of sp³-hybridized carbons (Fsp3) is 0.571. The van der Waals surface area contributed by atoms with Crippen molar-refractivity contribution in [1.29, 1.82) is 0 Å². The molecule has 0 radical (unpaired) electrons. The third-order valence-corrected chi connectivity index (χ3v) is 4.09. The molecule has 0 aliphatic heterocycles. The molecule has 1 aromatic rings. The summed E-state index contributed by atoms with van der Waals surface area (Å²) in [6, 6.07) is 6.15. The van der Waals surface area contributed by atoms with Gasteiger partial charge in [0, 0.05) is 34.7 Å². The topological polar surface area (TPSA) is 3.24 Å². The lowest BCUT2D eigenvalue weighted by Crippen LogP contribution is -2.28. The lowest BCUT2D eigenvalue weighted by Gasteiger charge is -2.28. The molecule has 0 aromatic heterocycles. The highest BCUT2D eigenvalue weighted by Crippen LogP contribution is 2.30. The maximum absolute atomic E-state index is 6.24. The third-order valence-electron chi connectivity index (χ3n) is 3.18. The molecule has 0 bridgehead atoms. The van der Waals surface area contributed by atoms with Crippen molar-refractivity contribution in [3.63, 3.8) is 0 Å². The standard InChI is InChI=1S/C14H21BrClN/c1-4-11(3)10-17(5-2)14-8-6-7-13(16)12(14)9-15/h6-8,11H,4-5,9-10H2,1-3H3. The zero-order valence-electron chi connectivity index (χ0n) is 10.8. The predicted molar refractivity (Wildman–Crippen MR) is 81.4 cm³/mol. The molecule has 0 spiro atoms. The van der Waals surface area contributed by atoms with Crippen molar-refractivity contribution in [2.75, 3.05) is 18.0 Å². The quantitative estimate of drug-likeness (QED) is 0.659. The molecule has 3 heteroatoms. The highest BCUT2D eigenvalue weighted by atomic mass is 79.9. The van der Waals surface area contributed by atoms with Crippen LogP contribution in [-0.2, 0) is 5.33 Å². The van der Waals surface area contributed by atoms with Gasteiger partial charge in [-0.05, 0) is 25.0 Å². The summed E-state index contributed by atoms with van der Waals surface area (Å²) in [6.07, 6.45) is 1.21. The second-order valence-corrected chi connectivity index (χ2v) is 5.39. The molecule has 1 nitrogen and oxygen atoms in total. The van der Waals surface area contributed by atoms with E-state index in [1.807, 2.05) is 12.1 Å². The van der Waals surface area contributed by atoms with E-state index in [4.69, 9.17) is 11.6 Å². The molecule has 0 heterocycles. The van der Waals surface area contributed by atoms with Crippen molar-refractivity contribution in [2.24, 2.45) is 5.92 Å². The van der Waals surface area contributed by atoms with Gasteiger partial charge in [0.25, 0.3) is 0 Å². The normalized spacial score (nSPS) is 12.5. The van der Waals surface area contributed by atoms with E-state index in [1.165, 1.54) is 17.7 Å². The first kappa shape index (κ1) is 14.8. The van der Waals surface area contributed by atoms with E-state index >= 15 is 0 Å². The van der Waals surface area contributed by atoms with Gasteiger partial charge >= 0.3 is 0 Å². The highest BCUT2D eigenvalue weighted by Gasteiger charge is 2.13. The number of anilines is 1. The summed E-state index contributed by atoms with van der Waals surface area (Å²) in [7, 11) is 0. The van der Waals surface area contributed by atoms with Crippen LogP contribution in [0.1, 0.15) is 32.8 Å². The van der Waals surface area contributed by atoms with Crippen LogP contribution >= 0.6 is 27.5 Å². The van der Waals surface area contributed by atoms with Crippen LogP contribution in [0.5, 0.6) is 0 Å². The summed E-state index contributed by atoms with van der Waals surface area (Å²) in [4.78, 5) is 2.41. The van der Waals surface area contributed by atoms with Crippen molar-refractivity contribution in [3.05, 3.63) is 28.8 Å². The van der Waals surface area contributed by atoms with E-state index < -0.39 is 0 Å². The minimum absolute atomic E-state index is 0.706. The van der Waals surface area contributed by atoms with Crippen LogP contribution in [0.3, 0.4) is 0 Å². The minimum Gasteiger partial charge on any atom is -0.371 e. The van der Waals surface area contributed by atoms with E-state index in [1.54, 1.807) is 0 Å². The maximum atomic E-state index is 6.24. The van der Waals surface area contributed by atoms with Gasteiger partial charge in [-0.25, -0.2) is 0 Å². The van der Waals surface area contributed by atoms with Gasteiger partial charge in [0.2, 0.25) is 0 Å². The fourth-order valence-corrected chi connectivity index (χ4v) is 2.87. The number of halogens is 2. The number of rotatable bonds is 6. The van der Waals surface area contributed by atoms with Gasteiger partial charge in [-0.1, -0.05) is 53.9 Å². The van der Waals surface area contributed by atoms with Crippen LogP contribution in [0.15, 0.2) is 18.2 Å². The largest absolute Gasteiger partial charge is 0.371 e. The SMILES string of the molecule is CCC(C)CN(CC)c1cccc(Cl)c1CBr. The van der Waals surface area contributed by atoms with Crippen LogP contribution in [-0.4, -0.2) is 13.1 Å². The Morgan fingerprint density at radius 1 is 1.35 bits per heavy atom. The predicted octanol–water partition coefficient (Wildman–Crippen LogP) is 5.11. The monoisotopic (exact) mass is 317 g/mol. The molecule has 1 atom stereocenters. The number of alkyl halides is 1. The van der Waals surface area contributed by atoms with E-state index in [0.717, 1.165) is 23.4 Å². The van der Waals surface area contributed by atoms with E-state index in [2.05, 4.69) is 47.7 Å². The first-order valence-electron chi connectivity index (χ1n) is 6.22. The van der Waals surface area contributed by atoms with Crippen molar-refractivity contribution in [2.45, 2.75) is 32.5 Å². The van der Waals surface area contributed by atoms with Crippen LogP contribution in [0.2, 0.25) is 5.02 Å². The molecule has 0 aliphatic rings. The molecule has 0 saturated carbocycles. The molecular formula is C14H21BrClN. The molecule has 17 heavy (non-hydrogen) atoms. The van der Waals surface area contributed by atoms with Crippen molar-refractivity contribution in [3.8, 4) is 0 Å². The van der Waals surface area contributed by atoms with Crippen molar-refractivity contribution >= 4 is 33.2 Å². The zero-order chi connectivity index (χ0) is 12.8. The molecule has 0 fully saturated rings. The lowest BCUT2D eigenvalue weighted by atomic mass is 10.1. The van der Waals surface area contributed by atoms with E-state index in [0.29, 0.717) is 5.92 Å². The summed E-state index contributed by atoms with van der Waals surface area (Å²) in [6.45, 7) is 8.84. The van der Waals surface area contributed by atoms with E-state index in [9.17, 15) is 0 Å². The van der Waals surface area contributed by atoms with Gasteiger partial charge in [-0.3, -0.25) is 0 Å². The fourth-order valence-electron chi connectivity index (χ4n) is 1.88. The second kappa shape index (κ2) is 7.27. The Morgan fingerprint density at radius 3 is 2.59 bits per heavy atom. The van der Waals surface area contributed by atoms with Gasteiger partial charge in [-0.15, -0.1) is 0 Å². The Kier molecular flexibility index (Phi) is 6.35. The van der Waals surface area contributed by atoms with Gasteiger partial charge in [0.1, 0.15) is 0 Å². The number of nitrogens with zero attached hydrogens (tertiary/aromatic N) is 1.